The summed E-state index contributed by atoms with van der Waals surface area (Å²) in [6, 6.07) is 0. The second kappa shape index (κ2) is 5.26. The van der Waals surface area contributed by atoms with Gasteiger partial charge in [-0.3, -0.25) is 9.59 Å². The van der Waals surface area contributed by atoms with Gasteiger partial charge in [-0.1, -0.05) is 6.42 Å². The molecule has 0 spiro atoms. The average molecular weight is 214 g/mol. The van der Waals surface area contributed by atoms with Crippen molar-refractivity contribution in [1.82, 2.24) is 0 Å². The molecule has 0 bridgehead atoms. The van der Waals surface area contributed by atoms with E-state index < -0.39 is 11.4 Å². The molecule has 0 N–H and O–H groups in total. The van der Waals surface area contributed by atoms with Crippen LogP contribution in [0.4, 0.5) is 0 Å². The zero-order chi connectivity index (χ0) is 11.3. The molecule has 0 amide bonds. The van der Waals surface area contributed by atoms with E-state index in [9.17, 15) is 9.59 Å². The number of esters is 1. The van der Waals surface area contributed by atoms with Crippen molar-refractivity contribution in [2.24, 2.45) is 5.41 Å². The molecule has 1 aliphatic carbocycles. The van der Waals surface area contributed by atoms with E-state index >= 15 is 0 Å². The van der Waals surface area contributed by atoms with Gasteiger partial charge in [-0.15, -0.1) is 0 Å². The molecule has 0 aromatic rings. The highest BCUT2D eigenvalue weighted by Gasteiger charge is 2.47. The Morgan fingerprint density at radius 1 is 1.47 bits per heavy atom. The van der Waals surface area contributed by atoms with Crippen molar-refractivity contribution in [1.29, 1.82) is 0 Å². The number of methoxy groups -OCH3 is 1. The summed E-state index contributed by atoms with van der Waals surface area (Å²) in [5, 5.41) is 0. The molecule has 4 nitrogen and oxygen atoms in total. The third-order valence-electron chi connectivity index (χ3n) is 2.85. The summed E-state index contributed by atoms with van der Waals surface area (Å²) in [6.07, 6.45) is 2.76. The number of rotatable bonds is 4. The maximum atomic E-state index is 11.8. The standard InChI is InChI=1S/C11H18O4/c1-3-15-10(13)11(8-14-2)7-5-4-6-9(11)12/h3-8H2,1-2H3. The van der Waals surface area contributed by atoms with Crippen molar-refractivity contribution in [3.8, 4) is 0 Å². The molecule has 1 rings (SSSR count). The number of carbonyl (C=O) groups is 2. The summed E-state index contributed by atoms with van der Waals surface area (Å²) >= 11 is 0. The first-order valence-electron chi connectivity index (χ1n) is 5.37. The fourth-order valence-corrected chi connectivity index (χ4v) is 2.03. The number of ether oxygens (including phenoxy) is 2. The summed E-state index contributed by atoms with van der Waals surface area (Å²) in [6.45, 7) is 2.19. The highest BCUT2D eigenvalue weighted by atomic mass is 16.5. The molecule has 0 radical (unpaired) electrons. The maximum Gasteiger partial charge on any atom is 0.322 e. The summed E-state index contributed by atoms with van der Waals surface area (Å²) in [7, 11) is 1.50. The normalized spacial score (nSPS) is 26.4. The highest BCUT2D eigenvalue weighted by molar-refractivity contribution is 6.04. The predicted octanol–water partition coefficient (Wildman–Crippen LogP) is 1.33. The van der Waals surface area contributed by atoms with Crippen LogP contribution in [-0.2, 0) is 19.1 Å². The molecule has 1 saturated carbocycles. The Morgan fingerprint density at radius 3 is 2.73 bits per heavy atom. The van der Waals surface area contributed by atoms with Gasteiger partial charge in [0, 0.05) is 13.5 Å². The number of carbonyl (C=O) groups excluding carboxylic acids is 2. The lowest BCUT2D eigenvalue weighted by molar-refractivity contribution is -0.166. The van der Waals surface area contributed by atoms with Gasteiger partial charge in [-0.25, -0.2) is 0 Å². The molecule has 86 valence electrons. The van der Waals surface area contributed by atoms with Gasteiger partial charge in [-0.05, 0) is 19.8 Å². The molecule has 15 heavy (non-hydrogen) atoms. The van der Waals surface area contributed by atoms with Crippen molar-refractivity contribution in [3.05, 3.63) is 0 Å². The van der Waals surface area contributed by atoms with Gasteiger partial charge in [0.25, 0.3) is 0 Å². The summed E-state index contributed by atoms with van der Waals surface area (Å²) in [5.74, 6) is -0.453. The Hall–Kier alpha value is -0.900. The van der Waals surface area contributed by atoms with E-state index in [0.717, 1.165) is 12.8 Å². The number of ketones is 1. The van der Waals surface area contributed by atoms with Crippen LogP contribution in [0, 0.1) is 5.41 Å². The Labute approximate surface area is 89.9 Å². The minimum Gasteiger partial charge on any atom is -0.465 e. The summed E-state index contributed by atoms with van der Waals surface area (Å²) in [5.41, 5.74) is -1.02. The molecule has 1 fully saturated rings. The molecule has 1 atom stereocenters. The molecule has 0 aromatic heterocycles. The third kappa shape index (κ3) is 2.37. The van der Waals surface area contributed by atoms with Gasteiger partial charge < -0.3 is 9.47 Å². The molecule has 1 aliphatic rings. The van der Waals surface area contributed by atoms with Crippen LogP contribution in [0.1, 0.15) is 32.6 Å². The first kappa shape index (κ1) is 12.2. The molecule has 1 unspecified atom stereocenters. The van der Waals surface area contributed by atoms with Crippen LogP contribution in [0.3, 0.4) is 0 Å². The average Bonchev–Trinajstić information content (AvgIpc) is 2.22. The SMILES string of the molecule is CCOC(=O)C1(COC)CCCCC1=O. The fraction of sp³-hybridized carbons (Fsp3) is 0.818. The van der Waals surface area contributed by atoms with Crippen LogP contribution >= 0.6 is 0 Å². The van der Waals surface area contributed by atoms with Crippen LogP contribution in [-0.4, -0.2) is 32.1 Å². The zero-order valence-electron chi connectivity index (χ0n) is 9.38. The maximum absolute atomic E-state index is 11.8. The molecule has 4 heteroatoms. The summed E-state index contributed by atoms with van der Waals surface area (Å²) < 4.78 is 9.97. The molecule has 0 aromatic carbocycles. The van der Waals surface area contributed by atoms with E-state index in [1.165, 1.54) is 7.11 Å². The molecule has 0 aliphatic heterocycles. The van der Waals surface area contributed by atoms with Crippen molar-refractivity contribution in [3.63, 3.8) is 0 Å². The van der Waals surface area contributed by atoms with Gasteiger partial charge in [0.1, 0.15) is 5.41 Å². The summed E-state index contributed by atoms with van der Waals surface area (Å²) in [4.78, 5) is 23.6. The first-order valence-corrected chi connectivity index (χ1v) is 5.37. The van der Waals surface area contributed by atoms with Crippen molar-refractivity contribution in [2.45, 2.75) is 32.6 Å². The van der Waals surface area contributed by atoms with Crippen LogP contribution in [0.2, 0.25) is 0 Å². The smallest absolute Gasteiger partial charge is 0.322 e. The number of hydrogen-bond acceptors (Lipinski definition) is 4. The van der Waals surface area contributed by atoms with E-state index in [4.69, 9.17) is 9.47 Å². The zero-order valence-corrected chi connectivity index (χ0v) is 9.38. The van der Waals surface area contributed by atoms with E-state index in [-0.39, 0.29) is 12.4 Å². The molecule has 0 saturated heterocycles. The van der Waals surface area contributed by atoms with E-state index in [0.29, 0.717) is 19.4 Å². The lowest BCUT2D eigenvalue weighted by Gasteiger charge is -2.32. The van der Waals surface area contributed by atoms with Crippen LogP contribution in [0.5, 0.6) is 0 Å². The van der Waals surface area contributed by atoms with Crippen LogP contribution < -0.4 is 0 Å². The highest BCUT2D eigenvalue weighted by Crippen LogP contribution is 2.34. The molecular weight excluding hydrogens is 196 g/mol. The van der Waals surface area contributed by atoms with Gasteiger partial charge >= 0.3 is 5.97 Å². The van der Waals surface area contributed by atoms with Gasteiger partial charge in [0.05, 0.1) is 13.2 Å². The predicted molar refractivity (Wildman–Crippen MR) is 54.4 cm³/mol. The molecule has 0 heterocycles. The van der Waals surface area contributed by atoms with E-state index in [1.807, 2.05) is 0 Å². The minimum atomic E-state index is -1.02. The third-order valence-corrected chi connectivity index (χ3v) is 2.85. The Bertz CT molecular complexity index is 245. The quantitative estimate of drug-likeness (QED) is 0.523. The van der Waals surface area contributed by atoms with Crippen molar-refractivity contribution in [2.75, 3.05) is 20.3 Å². The Kier molecular flexibility index (Phi) is 4.27. The first-order chi connectivity index (χ1) is 7.17. The van der Waals surface area contributed by atoms with Crippen LogP contribution in [0.15, 0.2) is 0 Å². The largest absolute Gasteiger partial charge is 0.465 e. The van der Waals surface area contributed by atoms with Crippen molar-refractivity contribution < 1.29 is 19.1 Å². The number of hydrogen-bond donors (Lipinski definition) is 0. The second-order valence-electron chi connectivity index (χ2n) is 3.87. The van der Waals surface area contributed by atoms with Gasteiger partial charge in [-0.2, -0.15) is 0 Å². The lowest BCUT2D eigenvalue weighted by atomic mass is 9.73. The van der Waals surface area contributed by atoms with Crippen LogP contribution in [0.25, 0.3) is 0 Å². The number of Topliss-reactive ketones (excluding diaryl/α,β-unsaturated/α-hetero) is 1. The fourth-order valence-electron chi connectivity index (χ4n) is 2.03. The van der Waals surface area contributed by atoms with E-state index in [2.05, 4.69) is 0 Å². The second-order valence-corrected chi connectivity index (χ2v) is 3.87. The van der Waals surface area contributed by atoms with Gasteiger partial charge in [0.15, 0.2) is 5.78 Å². The Morgan fingerprint density at radius 2 is 2.20 bits per heavy atom. The minimum absolute atomic E-state index is 0.0333. The van der Waals surface area contributed by atoms with Gasteiger partial charge in [0.2, 0.25) is 0 Å². The van der Waals surface area contributed by atoms with E-state index in [1.54, 1.807) is 6.92 Å². The Balaban J connectivity index is 2.84. The lowest BCUT2D eigenvalue weighted by Crippen LogP contribution is -2.46. The van der Waals surface area contributed by atoms with Crippen molar-refractivity contribution >= 4 is 11.8 Å². The molecular formula is C11H18O4. The monoisotopic (exact) mass is 214 g/mol. The topological polar surface area (TPSA) is 52.6 Å².